The maximum Gasteiger partial charge on any atom is 0.183 e. The monoisotopic (exact) mass is 1400 g/mol. The van der Waals surface area contributed by atoms with E-state index < -0.39 is 8.07 Å². The van der Waals surface area contributed by atoms with Crippen LogP contribution in [-0.2, 0) is 0 Å². The second kappa shape index (κ2) is 23.5. The van der Waals surface area contributed by atoms with Gasteiger partial charge in [0.1, 0.15) is 11.6 Å². The fourth-order valence-electron chi connectivity index (χ4n) is 19.1. The summed E-state index contributed by atoms with van der Waals surface area (Å²) in [5.74, 6) is 0. The SMILES string of the molecule is N#Cc1c(-n2c3ccccc3c3cc(-c4ccccc4)ccc32)c(-n2c3ccccc3c3cc(-c4ccccc4)ccc32)c(-c2ccc3c(c2)-c2ncccc2[Si]32c3ccccc3-c3ccccc32)c(-n2c3ccccc3c3cc(-c4ccccc4)ccc32)c1-n1c2ccccc2c2cc(-c3ccccc3)ccc21. The summed E-state index contributed by atoms with van der Waals surface area (Å²) in [5.41, 5.74) is 27.1. The minimum Gasteiger partial charge on any atom is -0.306 e. The Hall–Kier alpha value is -14.4. The Morgan fingerprint density at radius 3 is 0.908 bits per heavy atom. The summed E-state index contributed by atoms with van der Waals surface area (Å²) >= 11 is 0. The standard InChI is InChI=1S/C102H62N6Si/c103-63-84-99(105-85-40-19-13-34-73(85)79-58-68(47-52-89(79)105)64-26-5-1-6-27-64)101(107-87-42-21-15-36-75(87)81-60-70(49-54-91(81)107)66-30-9-3-10-31-66)97(72-51-56-95-83(62-72)98-96(46-25-57-104-98)109(95)93-44-23-17-38-77(93)78-39-18-24-45-94(78)109)102(108-88-43-22-16-37-76(88)82-61-71(50-55-92(82)108)67-32-11-4-12-33-67)100(84)106-86-41-20-14-35-74(86)80-59-69(48-53-90(80)106)65-28-7-2-8-29-65/h1-62H. The number of hydrogen-bond acceptors (Lipinski definition) is 2. The molecule has 21 aromatic rings. The van der Waals surface area contributed by atoms with E-state index in [9.17, 15) is 5.26 Å². The van der Waals surface area contributed by atoms with Gasteiger partial charge in [-0.2, -0.15) is 5.26 Å². The normalized spacial score (nSPS) is 12.7. The zero-order valence-corrected chi connectivity index (χ0v) is 60.0. The van der Waals surface area contributed by atoms with Gasteiger partial charge in [-0.15, -0.1) is 0 Å². The van der Waals surface area contributed by atoms with Gasteiger partial charge in [-0.3, -0.25) is 4.98 Å². The molecule has 0 bridgehead atoms. The second-order valence-electron chi connectivity index (χ2n) is 29.1. The third-order valence-electron chi connectivity index (χ3n) is 23.7. The lowest BCUT2D eigenvalue weighted by atomic mass is 9.92. The average molecular weight is 1400 g/mol. The summed E-state index contributed by atoms with van der Waals surface area (Å²) in [5, 5.41) is 27.8. The summed E-state index contributed by atoms with van der Waals surface area (Å²) in [6.45, 7) is 0. The summed E-state index contributed by atoms with van der Waals surface area (Å²) in [7, 11) is -3.05. The molecule has 0 saturated carbocycles. The number of benzene rings is 16. The van der Waals surface area contributed by atoms with E-state index >= 15 is 0 Å². The van der Waals surface area contributed by atoms with Crippen molar-refractivity contribution >= 4 is 116 Å². The zero-order chi connectivity index (χ0) is 71.6. The Morgan fingerprint density at radius 2 is 0.532 bits per heavy atom. The maximum atomic E-state index is 13.8. The lowest BCUT2D eigenvalue weighted by molar-refractivity contribution is 1.04. The van der Waals surface area contributed by atoms with Crippen LogP contribution in [0, 0.1) is 11.3 Å². The molecular formula is C102H62N6Si. The van der Waals surface area contributed by atoms with Crippen molar-refractivity contribution in [3.8, 4) is 107 Å². The molecule has 0 aliphatic carbocycles. The Bertz CT molecular complexity index is 7090. The molecule has 1 spiro atoms. The molecule has 0 radical (unpaired) electrons. The minimum atomic E-state index is -3.05. The predicted molar refractivity (Wildman–Crippen MR) is 455 cm³/mol. The van der Waals surface area contributed by atoms with Gasteiger partial charge in [0, 0.05) is 60.4 Å². The Kier molecular flexibility index (Phi) is 13.2. The Labute approximate surface area is 629 Å². The minimum absolute atomic E-state index is 0.496. The van der Waals surface area contributed by atoms with E-state index in [0.29, 0.717) is 5.56 Å². The van der Waals surface area contributed by atoms with Crippen LogP contribution in [0.4, 0.5) is 0 Å². The summed E-state index contributed by atoms with van der Waals surface area (Å²) in [4.78, 5) is 5.59. The number of fused-ring (bicyclic) bond motifs is 22. The maximum absolute atomic E-state index is 13.8. The highest BCUT2D eigenvalue weighted by atomic mass is 28.3. The predicted octanol–water partition coefficient (Wildman–Crippen LogP) is 23.0. The molecule has 2 aliphatic rings. The molecule has 0 fully saturated rings. The lowest BCUT2D eigenvalue weighted by Crippen LogP contribution is -2.70. The first-order valence-electron chi connectivity index (χ1n) is 37.4. The van der Waals surface area contributed by atoms with Gasteiger partial charge in [0.15, 0.2) is 8.07 Å². The van der Waals surface area contributed by atoms with E-state index in [0.717, 1.165) is 177 Å². The molecule has 109 heavy (non-hydrogen) atoms. The Balaban J connectivity index is 0.981. The number of hydrogen-bond donors (Lipinski definition) is 0. The first-order chi connectivity index (χ1) is 54.1. The van der Waals surface area contributed by atoms with Crippen molar-refractivity contribution in [1.82, 2.24) is 23.3 Å². The zero-order valence-electron chi connectivity index (χ0n) is 59.0. The largest absolute Gasteiger partial charge is 0.306 e. The lowest BCUT2D eigenvalue weighted by Gasteiger charge is -2.30. The number of nitriles is 1. The van der Waals surface area contributed by atoms with Gasteiger partial charge in [0.05, 0.1) is 72.6 Å². The molecule has 2 aliphatic heterocycles. The van der Waals surface area contributed by atoms with Gasteiger partial charge in [-0.1, -0.05) is 285 Å². The van der Waals surface area contributed by atoms with Gasteiger partial charge >= 0.3 is 0 Å². The van der Waals surface area contributed by atoms with Gasteiger partial charge in [0.2, 0.25) is 0 Å². The van der Waals surface area contributed by atoms with E-state index in [4.69, 9.17) is 4.98 Å². The summed E-state index contributed by atoms with van der Waals surface area (Å²) < 4.78 is 9.99. The molecular weight excluding hydrogens is 1340 g/mol. The fraction of sp³-hybridized carbons (Fsp3) is 0. The summed E-state index contributed by atoms with van der Waals surface area (Å²) in [6.07, 6.45) is 1.99. The van der Waals surface area contributed by atoms with Crippen LogP contribution in [0.5, 0.6) is 0 Å². The third kappa shape index (κ3) is 8.63. The molecule has 504 valence electrons. The number of para-hydroxylation sites is 4. The van der Waals surface area contributed by atoms with Crippen molar-refractivity contribution in [3.05, 3.63) is 382 Å². The quantitative estimate of drug-likeness (QED) is 0.135. The molecule has 0 saturated heterocycles. The molecule has 16 aromatic carbocycles. The van der Waals surface area contributed by atoms with Crippen molar-refractivity contribution < 1.29 is 0 Å². The van der Waals surface area contributed by atoms with Crippen LogP contribution in [0.15, 0.2) is 376 Å². The second-order valence-corrected chi connectivity index (χ2v) is 32.7. The van der Waals surface area contributed by atoms with Crippen LogP contribution in [0.2, 0.25) is 0 Å². The third-order valence-corrected chi connectivity index (χ3v) is 28.6. The van der Waals surface area contributed by atoms with Crippen molar-refractivity contribution in [1.29, 1.82) is 5.26 Å². The summed E-state index contributed by atoms with van der Waals surface area (Å²) in [6, 6.07) is 140. The van der Waals surface area contributed by atoms with E-state index in [1.54, 1.807) is 0 Å². The molecule has 7 heterocycles. The number of rotatable bonds is 9. The van der Waals surface area contributed by atoms with E-state index in [2.05, 4.69) is 394 Å². The highest BCUT2D eigenvalue weighted by Crippen LogP contribution is 2.54. The van der Waals surface area contributed by atoms with Crippen molar-refractivity contribution in [2.45, 2.75) is 0 Å². The van der Waals surface area contributed by atoms with Crippen molar-refractivity contribution in [2.75, 3.05) is 0 Å². The first kappa shape index (κ1) is 60.9. The van der Waals surface area contributed by atoms with Crippen LogP contribution >= 0.6 is 0 Å². The van der Waals surface area contributed by atoms with Crippen LogP contribution < -0.4 is 20.7 Å². The molecule has 0 atom stereocenters. The highest BCUT2D eigenvalue weighted by molar-refractivity contribution is 7.24. The van der Waals surface area contributed by atoms with Crippen molar-refractivity contribution in [2.24, 2.45) is 0 Å². The number of pyridine rings is 1. The number of nitrogens with zero attached hydrogens (tertiary/aromatic N) is 6. The molecule has 0 unspecified atom stereocenters. The highest BCUT2D eigenvalue weighted by Gasteiger charge is 2.54. The van der Waals surface area contributed by atoms with Gasteiger partial charge in [-0.05, 0) is 167 Å². The van der Waals surface area contributed by atoms with Crippen LogP contribution in [0.1, 0.15) is 5.56 Å². The van der Waals surface area contributed by atoms with Gasteiger partial charge in [0.25, 0.3) is 0 Å². The van der Waals surface area contributed by atoms with E-state index in [-0.39, 0.29) is 0 Å². The molecule has 0 N–H and O–H groups in total. The number of aromatic nitrogens is 5. The fourth-order valence-corrected chi connectivity index (χ4v) is 24.7. The molecule has 5 aromatic heterocycles. The topological polar surface area (TPSA) is 56.4 Å². The first-order valence-corrected chi connectivity index (χ1v) is 39.4. The van der Waals surface area contributed by atoms with Crippen molar-refractivity contribution in [3.63, 3.8) is 0 Å². The molecule has 23 rings (SSSR count). The average Bonchev–Trinajstić information content (AvgIpc) is 1.53. The van der Waals surface area contributed by atoms with Crippen LogP contribution in [-0.4, -0.2) is 31.3 Å². The molecule has 0 amide bonds. The molecule has 7 heteroatoms. The van der Waals surface area contributed by atoms with Crippen LogP contribution in [0.25, 0.3) is 188 Å². The smallest absolute Gasteiger partial charge is 0.183 e. The van der Waals surface area contributed by atoms with Gasteiger partial charge < -0.3 is 18.3 Å². The van der Waals surface area contributed by atoms with Crippen LogP contribution in [0.3, 0.4) is 0 Å². The van der Waals surface area contributed by atoms with Gasteiger partial charge in [-0.25, -0.2) is 0 Å². The van der Waals surface area contributed by atoms with E-state index in [1.165, 1.54) is 31.9 Å². The Morgan fingerprint density at radius 1 is 0.229 bits per heavy atom. The molecule has 6 nitrogen and oxygen atoms in total. The van der Waals surface area contributed by atoms with E-state index in [1.807, 2.05) is 6.20 Å².